The fourth-order valence-corrected chi connectivity index (χ4v) is 3.35. The molecule has 0 saturated heterocycles. The van der Waals surface area contributed by atoms with Crippen molar-refractivity contribution in [3.05, 3.63) is 47.9 Å². The summed E-state index contributed by atoms with van der Waals surface area (Å²) in [6.07, 6.45) is 0.762. The minimum atomic E-state index is -4.58. The van der Waals surface area contributed by atoms with E-state index in [1.54, 1.807) is 18.3 Å². The molecule has 0 radical (unpaired) electrons. The molecule has 3 heterocycles. The minimum absolute atomic E-state index is 0.0124. The van der Waals surface area contributed by atoms with E-state index in [9.17, 15) is 18.4 Å². The lowest BCUT2D eigenvalue weighted by Crippen LogP contribution is -2.12. The first-order chi connectivity index (χ1) is 15.8. The second-order valence-corrected chi connectivity index (χ2v) is 8.29. The molecule has 0 amide bonds. The summed E-state index contributed by atoms with van der Waals surface area (Å²) in [5.41, 5.74) is -0.310. The molecule has 2 saturated carbocycles. The highest BCUT2D eigenvalue weighted by molar-refractivity contribution is 5.59. The molecule has 5 rings (SSSR count). The van der Waals surface area contributed by atoms with Crippen molar-refractivity contribution in [2.24, 2.45) is 5.92 Å². The van der Waals surface area contributed by atoms with Gasteiger partial charge in [0, 0.05) is 18.4 Å². The number of hydrogen-bond donors (Lipinski definition) is 2. The van der Waals surface area contributed by atoms with Crippen LogP contribution in [-0.4, -0.2) is 31.5 Å². The van der Waals surface area contributed by atoms with Gasteiger partial charge in [-0.25, -0.2) is 4.98 Å². The number of alkyl halides is 3. The maximum Gasteiger partial charge on any atom is 0.433 e. The van der Waals surface area contributed by atoms with Crippen molar-refractivity contribution in [1.82, 2.24) is 24.9 Å². The van der Waals surface area contributed by atoms with Crippen molar-refractivity contribution >= 4 is 17.6 Å². The van der Waals surface area contributed by atoms with Crippen LogP contribution < -0.4 is 10.6 Å². The minimum Gasteiger partial charge on any atom is -0.354 e. The van der Waals surface area contributed by atoms with Crippen LogP contribution in [0.1, 0.15) is 37.1 Å². The van der Waals surface area contributed by atoms with Crippen molar-refractivity contribution in [3.63, 3.8) is 0 Å². The number of nitrogens with zero attached hydrogens (tertiary/aromatic N) is 6. The zero-order valence-electron chi connectivity index (χ0n) is 17.4. The van der Waals surface area contributed by atoms with E-state index in [4.69, 9.17) is 0 Å². The summed E-state index contributed by atoms with van der Waals surface area (Å²) in [4.78, 5) is 21.0. The Bertz CT molecular complexity index is 1230. The van der Waals surface area contributed by atoms with Crippen molar-refractivity contribution in [2.45, 2.75) is 37.3 Å². The van der Waals surface area contributed by atoms with Gasteiger partial charge in [-0.05, 0) is 55.9 Å². The molecule has 0 atom stereocenters. The highest BCUT2D eigenvalue weighted by Gasteiger charge is 2.46. The van der Waals surface area contributed by atoms with E-state index < -0.39 is 17.3 Å². The van der Waals surface area contributed by atoms with Crippen LogP contribution in [0.3, 0.4) is 0 Å². The summed E-state index contributed by atoms with van der Waals surface area (Å²) in [5.74, 6) is 0.952. The van der Waals surface area contributed by atoms with E-state index in [0.29, 0.717) is 23.8 Å². The largest absolute Gasteiger partial charge is 0.433 e. The van der Waals surface area contributed by atoms with Crippen LogP contribution in [0.25, 0.3) is 11.5 Å². The number of halogens is 3. The van der Waals surface area contributed by atoms with Crippen LogP contribution in [-0.2, 0) is 11.6 Å². The maximum absolute atomic E-state index is 13.1. The Balaban J connectivity index is 1.48. The van der Waals surface area contributed by atoms with Gasteiger partial charge >= 0.3 is 6.18 Å². The molecule has 33 heavy (non-hydrogen) atoms. The third-order valence-corrected chi connectivity index (χ3v) is 5.62. The van der Waals surface area contributed by atoms with E-state index in [1.165, 1.54) is 12.1 Å². The van der Waals surface area contributed by atoms with Gasteiger partial charge in [-0.1, -0.05) is 6.07 Å². The van der Waals surface area contributed by atoms with Crippen LogP contribution in [0.15, 0.2) is 36.5 Å². The van der Waals surface area contributed by atoms with Crippen LogP contribution >= 0.6 is 0 Å². The first-order valence-corrected chi connectivity index (χ1v) is 10.5. The van der Waals surface area contributed by atoms with Gasteiger partial charge in [0.05, 0.1) is 17.2 Å². The van der Waals surface area contributed by atoms with Crippen molar-refractivity contribution < 1.29 is 13.2 Å². The summed E-state index contributed by atoms with van der Waals surface area (Å²) in [6.45, 7) is 0.670. The smallest absolute Gasteiger partial charge is 0.354 e. The summed E-state index contributed by atoms with van der Waals surface area (Å²) in [7, 11) is 0. The van der Waals surface area contributed by atoms with Crippen molar-refractivity contribution in [1.29, 1.82) is 5.26 Å². The molecule has 0 aliphatic heterocycles. The van der Waals surface area contributed by atoms with Crippen LogP contribution in [0, 0.1) is 17.2 Å². The van der Waals surface area contributed by atoms with E-state index in [0.717, 1.165) is 31.7 Å². The molecule has 8 nitrogen and oxygen atoms in total. The molecule has 0 unspecified atom stereocenters. The normalized spacial score (nSPS) is 16.7. The van der Waals surface area contributed by atoms with Gasteiger partial charge in [-0.2, -0.15) is 33.4 Å². The molecule has 3 aromatic heterocycles. The molecule has 0 spiro atoms. The molecule has 11 heteroatoms. The number of rotatable bonds is 7. The lowest BCUT2D eigenvalue weighted by Gasteiger charge is -2.12. The van der Waals surface area contributed by atoms with Gasteiger partial charge in [-0.15, -0.1) is 0 Å². The molecule has 2 fully saturated rings. The third kappa shape index (κ3) is 4.69. The highest BCUT2D eigenvalue weighted by atomic mass is 19.4. The molecule has 2 N–H and O–H groups in total. The molecular weight excluding hydrogens is 433 g/mol. The number of hydrogen-bond acceptors (Lipinski definition) is 8. The van der Waals surface area contributed by atoms with E-state index >= 15 is 0 Å². The highest BCUT2D eigenvalue weighted by Crippen LogP contribution is 2.47. The Kier molecular flexibility index (Phi) is 5.08. The molecule has 0 bridgehead atoms. The standard InChI is InChI=1S/C22H19F3N8/c23-22(24,25)16-3-1-2-15(30-16)18-31-19(28-11-13-4-5-13)33-20(32-18)29-14-6-9-27-17(10-14)21(12-26)7-8-21/h1-3,6,9-10,13H,4-5,7-8,11H2,(H2,27,28,29,31,32,33). The van der Waals surface area contributed by atoms with Gasteiger partial charge in [0.15, 0.2) is 5.82 Å². The fourth-order valence-electron chi connectivity index (χ4n) is 3.35. The summed E-state index contributed by atoms with van der Waals surface area (Å²) in [6, 6.07) is 9.37. The Morgan fingerprint density at radius 1 is 1.06 bits per heavy atom. The quantitative estimate of drug-likeness (QED) is 0.540. The van der Waals surface area contributed by atoms with Gasteiger partial charge < -0.3 is 10.6 Å². The maximum atomic E-state index is 13.1. The molecule has 168 valence electrons. The summed E-state index contributed by atoms with van der Waals surface area (Å²) in [5, 5.41) is 15.6. The number of aromatic nitrogens is 5. The average Bonchev–Trinajstić information content (AvgIpc) is 3.73. The predicted molar refractivity (Wildman–Crippen MR) is 113 cm³/mol. The van der Waals surface area contributed by atoms with Gasteiger partial charge in [0.1, 0.15) is 11.4 Å². The monoisotopic (exact) mass is 452 g/mol. The van der Waals surface area contributed by atoms with Gasteiger partial charge in [-0.3, -0.25) is 4.98 Å². The van der Waals surface area contributed by atoms with Crippen molar-refractivity contribution in [3.8, 4) is 17.6 Å². The lowest BCUT2D eigenvalue weighted by atomic mass is 10.0. The van der Waals surface area contributed by atoms with Gasteiger partial charge in [0.25, 0.3) is 0 Å². The van der Waals surface area contributed by atoms with Gasteiger partial charge in [0.2, 0.25) is 11.9 Å². The number of pyridine rings is 2. The topological polar surface area (TPSA) is 112 Å². The van der Waals surface area contributed by atoms with Crippen LogP contribution in [0.4, 0.5) is 30.8 Å². The Labute approximate surface area is 187 Å². The average molecular weight is 452 g/mol. The first-order valence-electron chi connectivity index (χ1n) is 10.5. The first kappa shape index (κ1) is 21.1. The summed E-state index contributed by atoms with van der Waals surface area (Å²) < 4.78 is 39.4. The lowest BCUT2D eigenvalue weighted by molar-refractivity contribution is -0.141. The molecular formula is C22H19F3N8. The SMILES string of the molecule is N#CC1(c2cc(Nc3nc(NCC4CC4)nc(-c4cccc(C(F)(F)F)n4)n3)ccn2)CC1. The van der Waals surface area contributed by atoms with Crippen LogP contribution in [0.2, 0.25) is 0 Å². The molecule has 2 aliphatic carbocycles. The second kappa shape index (κ2) is 7.95. The molecule has 3 aromatic rings. The Morgan fingerprint density at radius 3 is 2.55 bits per heavy atom. The molecule has 0 aromatic carbocycles. The van der Waals surface area contributed by atoms with Crippen LogP contribution in [0.5, 0.6) is 0 Å². The zero-order chi connectivity index (χ0) is 23.1. The molecule has 2 aliphatic rings. The zero-order valence-corrected chi connectivity index (χ0v) is 17.4. The van der Waals surface area contributed by atoms with Crippen molar-refractivity contribution in [2.75, 3.05) is 17.2 Å². The third-order valence-electron chi connectivity index (χ3n) is 5.62. The fraction of sp³-hybridized carbons (Fsp3) is 0.364. The number of nitriles is 1. The predicted octanol–water partition coefficient (Wildman–Crippen LogP) is 4.47. The second-order valence-electron chi connectivity index (χ2n) is 8.29. The Hall–Kier alpha value is -3.81. The number of anilines is 3. The van der Waals surface area contributed by atoms with E-state index in [1.807, 2.05) is 0 Å². The summed E-state index contributed by atoms with van der Waals surface area (Å²) >= 11 is 0. The van der Waals surface area contributed by atoms with E-state index in [-0.39, 0.29) is 23.4 Å². The number of nitrogens with one attached hydrogen (secondary N) is 2. The van der Waals surface area contributed by atoms with E-state index in [2.05, 4.69) is 41.6 Å². The Morgan fingerprint density at radius 2 is 1.85 bits per heavy atom.